The molecule has 1 heterocycles. The van der Waals surface area contributed by atoms with Crippen LogP contribution in [-0.4, -0.2) is 38.5 Å². The average molecular weight is 434 g/mol. The van der Waals surface area contributed by atoms with Crippen LogP contribution >= 0.6 is 0 Å². The maximum Gasteiger partial charge on any atom is 0.227 e. The van der Waals surface area contributed by atoms with Crippen LogP contribution in [0.25, 0.3) is 5.69 Å². The lowest BCUT2D eigenvalue weighted by Crippen LogP contribution is -2.34. The molecule has 0 spiro atoms. The molecular weight excluding hydrogens is 398 g/mol. The van der Waals surface area contributed by atoms with E-state index in [0.29, 0.717) is 12.6 Å². The monoisotopic (exact) mass is 433 g/mol. The van der Waals surface area contributed by atoms with Gasteiger partial charge in [-0.25, -0.2) is 4.68 Å². The van der Waals surface area contributed by atoms with E-state index in [0.717, 1.165) is 60.8 Å². The number of hydrogen-bond acceptors (Lipinski definition) is 4. The first-order valence-electron chi connectivity index (χ1n) is 12.0. The molecule has 0 amide bonds. The summed E-state index contributed by atoms with van der Waals surface area (Å²) in [6.45, 7) is 5.76. The lowest BCUT2D eigenvalue weighted by Gasteiger charge is -2.25. The van der Waals surface area contributed by atoms with Crippen LogP contribution in [-0.2, 0) is 13.0 Å². The van der Waals surface area contributed by atoms with Crippen molar-refractivity contribution in [2.24, 2.45) is 0 Å². The number of nitrogens with zero attached hydrogens (tertiary/aromatic N) is 3. The molecule has 0 radical (unpaired) electrons. The molecule has 2 aromatic carbocycles. The van der Waals surface area contributed by atoms with E-state index in [9.17, 15) is 5.11 Å². The van der Waals surface area contributed by atoms with Gasteiger partial charge in [-0.15, -0.1) is 0 Å². The van der Waals surface area contributed by atoms with Gasteiger partial charge >= 0.3 is 0 Å². The number of para-hydroxylation sites is 2. The van der Waals surface area contributed by atoms with Gasteiger partial charge in [0.1, 0.15) is 5.75 Å². The summed E-state index contributed by atoms with van der Waals surface area (Å²) in [7, 11) is 0. The molecule has 1 atom stereocenters. The number of rotatable bonds is 12. The normalized spacial score (nSPS) is 14.6. The summed E-state index contributed by atoms with van der Waals surface area (Å²) in [5.74, 6) is 1.57. The van der Waals surface area contributed by atoms with Gasteiger partial charge in [0.2, 0.25) is 5.88 Å². The molecule has 1 saturated carbocycles. The number of aryl methyl sites for hydroxylation is 1. The molecule has 3 aromatic rings. The highest BCUT2D eigenvalue weighted by Crippen LogP contribution is 2.35. The zero-order valence-corrected chi connectivity index (χ0v) is 19.3. The van der Waals surface area contributed by atoms with E-state index in [-0.39, 0.29) is 6.10 Å². The van der Waals surface area contributed by atoms with Crippen LogP contribution in [0.1, 0.15) is 57.2 Å². The highest BCUT2D eigenvalue weighted by Gasteiger charge is 2.32. The predicted octanol–water partition coefficient (Wildman–Crippen LogP) is 5.74. The van der Waals surface area contributed by atoms with E-state index in [1.165, 1.54) is 12.8 Å². The van der Waals surface area contributed by atoms with Gasteiger partial charge in [0.05, 0.1) is 23.0 Å². The number of benzene rings is 2. The highest BCUT2D eigenvalue weighted by molar-refractivity contribution is 5.43. The Kier molecular flexibility index (Phi) is 7.61. The van der Waals surface area contributed by atoms with Crippen LogP contribution in [0.2, 0.25) is 0 Å². The molecule has 1 N–H and O–H groups in total. The third-order valence-electron chi connectivity index (χ3n) is 6.07. The van der Waals surface area contributed by atoms with Gasteiger partial charge in [-0.2, -0.15) is 5.10 Å². The number of hydrogen-bond donors (Lipinski definition) is 1. The first kappa shape index (κ1) is 22.6. The lowest BCUT2D eigenvalue weighted by atomic mass is 10.1. The quantitative estimate of drug-likeness (QED) is 0.396. The number of ether oxygens (including phenoxy) is 1. The smallest absolute Gasteiger partial charge is 0.227 e. The molecule has 1 aliphatic rings. The fourth-order valence-corrected chi connectivity index (χ4v) is 4.16. The summed E-state index contributed by atoms with van der Waals surface area (Å²) in [6, 6.07) is 20.6. The number of aromatic nitrogens is 2. The Balaban J connectivity index is 1.68. The van der Waals surface area contributed by atoms with Crippen molar-refractivity contribution in [3.63, 3.8) is 0 Å². The maximum absolute atomic E-state index is 10.6. The minimum absolute atomic E-state index is 0.289. The van der Waals surface area contributed by atoms with Crippen LogP contribution in [0, 0.1) is 0 Å². The van der Waals surface area contributed by atoms with Gasteiger partial charge in [-0.05, 0) is 49.9 Å². The minimum atomic E-state index is -0.289. The predicted molar refractivity (Wildman–Crippen MR) is 128 cm³/mol. The minimum Gasteiger partial charge on any atom is -0.439 e. The third kappa shape index (κ3) is 5.59. The van der Waals surface area contributed by atoms with E-state index >= 15 is 0 Å². The molecule has 1 fully saturated rings. The van der Waals surface area contributed by atoms with Gasteiger partial charge in [-0.1, -0.05) is 63.1 Å². The van der Waals surface area contributed by atoms with Crippen LogP contribution in [0.15, 0.2) is 60.7 Å². The first-order valence-corrected chi connectivity index (χ1v) is 12.0. The van der Waals surface area contributed by atoms with Gasteiger partial charge < -0.3 is 9.84 Å². The summed E-state index contributed by atoms with van der Waals surface area (Å²) in [4.78, 5) is 2.43. The fraction of sp³-hybridized carbons (Fsp3) is 0.444. The summed E-state index contributed by atoms with van der Waals surface area (Å²) >= 11 is 0. The van der Waals surface area contributed by atoms with E-state index in [4.69, 9.17) is 9.84 Å². The molecule has 1 aromatic heterocycles. The molecule has 0 bridgehead atoms. The molecule has 0 saturated heterocycles. The molecule has 0 aliphatic heterocycles. The Morgan fingerprint density at radius 1 is 1.06 bits per heavy atom. The third-order valence-corrected chi connectivity index (χ3v) is 6.07. The Morgan fingerprint density at radius 3 is 2.38 bits per heavy atom. The van der Waals surface area contributed by atoms with Gasteiger partial charge in [-0.3, -0.25) is 4.90 Å². The van der Waals surface area contributed by atoms with Crippen molar-refractivity contribution < 1.29 is 9.84 Å². The van der Waals surface area contributed by atoms with Crippen molar-refractivity contribution in [2.45, 2.75) is 71.1 Å². The zero-order valence-electron chi connectivity index (χ0n) is 19.3. The topological polar surface area (TPSA) is 50.5 Å². The van der Waals surface area contributed by atoms with E-state index < -0.39 is 0 Å². The Morgan fingerprint density at radius 2 is 1.75 bits per heavy atom. The first-order chi connectivity index (χ1) is 15.7. The summed E-state index contributed by atoms with van der Waals surface area (Å²) in [6.07, 6.45) is 5.97. The molecular formula is C27H35N3O2. The van der Waals surface area contributed by atoms with Crippen molar-refractivity contribution >= 4 is 0 Å². The molecule has 170 valence electrons. The lowest BCUT2D eigenvalue weighted by molar-refractivity contribution is 0.0949. The van der Waals surface area contributed by atoms with Crippen molar-refractivity contribution in [3.8, 4) is 17.3 Å². The molecule has 1 aliphatic carbocycles. The van der Waals surface area contributed by atoms with Crippen molar-refractivity contribution in [1.29, 1.82) is 0 Å². The SMILES string of the molecule is CCCCC(O)CN(Cc1c(CC)nn(-c2ccccc2)c1Oc1ccccc1)C1CC1. The van der Waals surface area contributed by atoms with Gasteiger partial charge in [0.15, 0.2) is 0 Å². The van der Waals surface area contributed by atoms with Crippen molar-refractivity contribution in [1.82, 2.24) is 14.7 Å². The number of aliphatic hydroxyl groups is 1. The summed E-state index contributed by atoms with van der Waals surface area (Å²) in [5.41, 5.74) is 3.16. The second kappa shape index (κ2) is 10.8. The standard InChI is InChI=1S/C27H35N3O2/c1-3-5-14-23(31)19-29(21-17-18-21)20-25-26(4-2)28-30(22-12-8-6-9-13-22)27(25)32-24-15-10-7-11-16-24/h6-13,15-16,21,23,31H,3-5,14,17-20H2,1-2H3. The van der Waals surface area contributed by atoms with E-state index in [2.05, 4.69) is 30.9 Å². The van der Waals surface area contributed by atoms with Crippen molar-refractivity contribution in [2.75, 3.05) is 6.54 Å². The van der Waals surface area contributed by atoms with E-state index in [1.807, 2.05) is 53.2 Å². The molecule has 4 rings (SSSR count). The second-order valence-corrected chi connectivity index (χ2v) is 8.70. The van der Waals surface area contributed by atoms with Gasteiger partial charge in [0.25, 0.3) is 0 Å². The van der Waals surface area contributed by atoms with Gasteiger partial charge in [0, 0.05) is 19.1 Å². The Labute approximate surface area is 191 Å². The van der Waals surface area contributed by atoms with Crippen LogP contribution < -0.4 is 4.74 Å². The maximum atomic E-state index is 10.6. The summed E-state index contributed by atoms with van der Waals surface area (Å²) in [5, 5.41) is 15.6. The number of aliphatic hydroxyl groups excluding tert-OH is 1. The average Bonchev–Trinajstić information content (AvgIpc) is 3.62. The zero-order chi connectivity index (χ0) is 22.3. The van der Waals surface area contributed by atoms with Crippen LogP contribution in [0.4, 0.5) is 0 Å². The fourth-order valence-electron chi connectivity index (χ4n) is 4.16. The molecule has 5 heteroatoms. The second-order valence-electron chi connectivity index (χ2n) is 8.70. The van der Waals surface area contributed by atoms with Crippen molar-refractivity contribution in [3.05, 3.63) is 71.9 Å². The number of unbranched alkanes of at least 4 members (excludes halogenated alkanes) is 1. The highest BCUT2D eigenvalue weighted by atomic mass is 16.5. The molecule has 5 nitrogen and oxygen atoms in total. The summed E-state index contributed by atoms with van der Waals surface area (Å²) < 4.78 is 8.39. The van der Waals surface area contributed by atoms with Crippen LogP contribution in [0.3, 0.4) is 0 Å². The molecule has 1 unspecified atom stereocenters. The van der Waals surface area contributed by atoms with Crippen LogP contribution in [0.5, 0.6) is 11.6 Å². The Hall–Kier alpha value is -2.63. The molecule has 32 heavy (non-hydrogen) atoms. The van der Waals surface area contributed by atoms with E-state index in [1.54, 1.807) is 0 Å². The largest absolute Gasteiger partial charge is 0.439 e. The Bertz CT molecular complexity index is 967.